The molecule has 0 radical (unpaired) electrons. The summed E-state index contributed by atoms with van der Waals surface area (Å²) in [5.41, 5.74) is 0.680. The van der Waals surface area contributed by atoms with E-state index in [9.17, 15) is 4.79 Å². The largest absolute Gasteiger partial charge is 0.497 e. The molecule has 0 fully saturated rings. The molecule has 126 valence electrons. The van der Waals surface area contributed by atoms with Crippen molar-refractivity contribution in [2.24, 2.45) is 0 Å². The number of rotatable bonds is 7. The molecule has 2 aromatic rings. The normalized spacial score (nSPS) is 12.8. The van der Waals surface area contributed by atoms with Crippen molar-refractivity contribution in [2.75, 3.05) is 26.2 Å². The van der Waals surface area contributed by atoms with Gasteiger partial charge in [0.1, 0.15) is 5.75 Å². The van der Waals surface area contributed by atoms with Crippen LogP contribution in [0.1, 0.15) is 12.0 Å². The number of anilines is 1. The maximum absolute atomic E-state index is 12.9. The predicted octanol–water partition coefficient (Wildman–Crippen LogP) is 3.78. The minimum atomic E-state index is -1.02. The molecule has 0 saturated heterocycles. The number of esters is 1. The lowest BCUT2D eigenvalue weighted by molar-refractivity contribution is -0.147. The van der Waals surface area contributed by atoms with Crippen LogP contribution in [-0.4, -0.2) is 27.2 Å². The Labute approximate surface area is 143 Å². The highest BCUT2D eigenvalue weighted by molar-refractivity contribution is 5.87. The number of hydrogen-bond donors (Lipinski definition) is 0. The first-order valence-corrected chi connectivity index (χ1v) is 7.73. The molecule has 0 aliphatic heterocycles. The first-order chi connectivity index (χ1) is 11.6. The molecule has 0 aliphatic carbocycles. The number of methoxy groups -OCH3 is 2. The molecule has 0 spiro atoms. The number of carbonyl (C=O) groups is 1. The molecule has 1 atom stereocenters. The van der Waals surface area contributed by atoms with Gasteiger partial charge in [-0.3, -0.25) is 0 Å². The second-order valence-corrected chi connectivity index (χ2v) is 5.47. The Morgan fingerprint density at radius 3 is 2.46 bits per heavy atom. The highest BCUT2D eigenvalue weighted by Crippen LogP contribution is 2.38. The number of nitrogens with zero attached hydrogens (tertiary/aromatic N) is 1. The molecule has 0 N–H and O–H groups in total. The highest BCUT2D eigenvalue weighted by Gasteiger charge is 2.44. The lowest BCUT2D eigenvalue weighted by Gasteiger charge is -2.40. The first kappa shape index (κ1) is 17.6. The maximum atomic E-state index is 12.9. The molecule has 2 rings (SSSR count). The summed E-state index contributed by atoms with van der Waals surface area (Å²) < 4.78 is 10.5. The van der Waals surface area contributed by atoms with Crippen LogP contribution in [0.15, 0.2) is 67.3 Å². The zero-order valence-electron chi connectivity index (χ0n) is 14.4. The standard InChI is InChI=1S/C20H23NO3/c1-5-14-20(19(22)24-4,16-10-9-13-18(15-16)23-3)21(2)17-11-7-6-8-12-17/h5-13,15H,1,14H2,2-4H3. The van der Waals surface area contributed by atoms with Gasteiger partial charge in [-0.05, 0) is 29.8 Å². The number of ether oxygens (including phenoxy) is 2. The lowest BCUT2D eigenvalue weighted by Crippen LogP contribution is -2.51. The third kappa shape index (κ3) is 3.13. The van der Waals surface area contributed by atoms with Crippen molar-refractivity contribution >= 4 is 11.7 Å². The van der Waals surface area contributed by atoms with Crippen LogP contribution in [0, 0.1) is 0 Å². The summed E-state index contributed by atoms with van der Waals surface area (Å²) in [5, 5.41) is 0. The molecule has 0 aromatic heterocycles. The van der Waals surface area contributed by atoms with Gasteiger partial charge in [0, 0.05) is 19.2 Å². The second kappa shape index (κ2) is 7.68. The summed E-state index contributed by atoms with van der Waals surface area (Å²) >= 11 is 0. The number of carbonyl (C=O) groups excluding carboxylic acids is 1. The van der Waals surface area contributed by atoms with Gasteiger partial charge in [-0.25, -0.2) is 4.79 Å². The monoisotopic (exact) mass is 325 g/mol. The van der Waals surface area contributed by atoms with Gasteiger partial charge in [0.25, 0.3) is 0 Å². The van der Waals surface area contributed by atoms with Crippen LogP contribution in [0.25, 0.3) is 0 Å². The molecule has 0 amide bonds. The van der Waals surface area contributed by atoms with E-state index in [1.807, 2.05) is 66.5 Å². The van der Waals surface area contributed by atoms with Crippen LogP contribution in [0.3, 0.4) is 0 Å². The number of hydrogen-bond acceptors (Lipinski definition) is 4. The highest BCUT2D eigenvalue weighted by atomic mass is 16.5. The first-order valence-electron chi connectivity index (χ1n) is 7.73. The van der Waals surface area contributed by atoms with Crippen LogP contribution < -0.4 is 9.64 Å². The minimum Gasteiger partial charge on any atom is -0.497 e. The van der Waals surface area contributed by atoms with E-state index in [2.05, 4.69) is 6.58 Å². The van der Waals surface area contributed by atoms with Gasteiger partial charge in [0.05, 0.1) is 14.2 Å². The number of para-hydroxylation sites is 1. The maximum Gasteiger partial charge on any atom is 0.336 e. The summed E-state index contributed by atoms with van der Waals surface area (Å²) in [7, 11) is 4.89. The van der Waals surface area contributed by atoms with Gasteiger partial charge in [0.2, 0.25) is 0 Å². The molecular formula is C20H23NO3. The average molecular weight is 325 g/mol. The fraction of sp³-hybridized carbons (Fsp3) is 0.250. The van der Waals surface area contributed by atoms with Gasteiger partial charge in [-0.2, -0.15) is 0 Å². The van der Waals surface area contributed by atoms with E-state index >= 15 is 0 Å². The van der Waals surface area contributed by atoms with Crippen LogP contribution in [0.4, 0.5) is 5.69 Å². The fourth-order valence-electron chi connectivity index (χ4n) is 2.92. The minimum absolute atomic E-state index is 0.345. The third-order valence-electron chi connectivity index (χ3n) is 4.23. The predicted molar refractivity (Wildman–Crippen MR) is 96.3 cm³/mol. The Morgan fingerprint density at radius 2 is 1.88 bits per heavy atom. The fourth-order valence-corrected chi connectivity index (χ4v) is 2.92. The summed E-state index contributed by atoms with van der Waals surface area (Å²) in [6.07, 6.45) is 2.13. The lowest BCUT2D eigenvalue weighted by atomic mass is 9.84. The SMILES string of the molecule is C=CCC(C(=O)OC)(c1cccc(OC)c1)N(C)c1ccccc1. The van der Waals surface area contributed by atoms with Crippen LogP contribution >= 0.6 is 0 Å². The molecule has 4 nitrogen and oxygen atoms in total. The van der Waals surface area contributed by atoms with Gasteiger partial charge >= 0.3 is 5.97 Å². The van der Waals surface area contributed by atoms with Crippen molar-refractivity contribution in [2.45, 2.75) is 12.0 Å². The van der Waals surface area contributed by atoms with Gasteiger partial charge < -0.3 is 14.4 Å². The van der Waals surface area contributed by atoms with E-state index in [0.717, 1.165) is 11.3 Å². The van der Waals surface area contributed by atoms with Crippen molar-refractivity contribution in [3.63, 3.8) is 0 Å². The molecule has 0 heterocycles. The summed E-state index contributed by atoms with van der Waals surface area (Å²) in [6.45, 7) is 3.84. The summed E-state index contributed by atoms with van der Waals surface area (Å²) in [4.78, 5) is 14.8. The second-order valence-electron chi connectivity index (χ2n) is 5.47. The Morgan fingerprint density at radius 1 is 1.17 bits per heavy atom. The number of benzene rings is 2. The molecule has 0 bridgehead atoms. The molecule has 1 unspecified atom stereocenters. The van der Waals surface area contributed by atoms with Crippen LogP contribution in [0.5, 0.6) is 5.75 Å². The van der Waals surface area contributed by atoms with Crippen LogP contribution in [0.2, 0.25) is 0 Å². The van der Waals surface area contributed by atoms with Crippen molar-refractivity contribution in [3.8, 4) is 5.75 Å². The van der Waals surface area contributed by atoms with E-state index < -0.39 is 5.54 Å². The van der Waals surface area contributed by atoms with Crippen molar-refractivity contribution in [1.29, 1.82) is 0 Å². The van der Waals surface area contributed by atoms with Crippen LogP contribution in [-0.2, 0) is 15.1 Å². The van der Waals surface area contributed by atoms with Crippen molar-refractivity contribution in [1.82, 2.24) is 0 Å². The zero-order valence-corrected chi connectivity index (χ0v) is 14.4. The summed E-state index contributed by atoms with van der Waals surface area (Å²) in [6, 6.07) is 17.2. The smallest absolute Gasteiger partial charge is 0.336 e. The topological polar surface area (TPSA) is 38.8 Å². The van der Waals surface area contributed by atoms with E-state index in [4.69, 9.17) is 9.47 Å². The Balaban J connectivity index is 2.67. The van der Waals surface area contributed by atoms with Crippen molar-refractivity contribution in [3.05, 3.63) is 72.8 Å². The Hall–Kier alpha value is -2.75. The molecule has 24 heavy (non-hydrogen) atoms. The Kier molecular flexibility index (Phi) is 5.64. The zero-order chi connectivity index (χ0) is 17.6. The van der Waals surface area contributed by atoms with E-state index in [1.54, 1.807) is 13.2 Å². The molecule has 4 heteroatoms. The van der Waals surface area contributed by atoms with Gasteiger partial charge in [-0.15, -0.1) is 6.58 Å². The van der Waals surface area contributed by atoms with Crippen molar-refractivity contribution < 1.29 is 14.3 Å². The molecular weight excluding hydrogens is 302 g/mol. The molecule has 2 aromatic carbocycles. The summed E-state index contributed by atoms with van der Waals surface area (Å²) in [5.74, 6) is 0.341. The molecule has 0 aliphatic rings. The van der Waals surface area contributed by atoms with Gasteiger partial charge in [-0.1, -0.05) is 36.4 Å². The Bertz CT molecular complexity index is 699. The van der Waals surface area contributed by atoms with E-state index in [0.29, 0.717) is 12.2 Å². The number of likely N-dealkylation sites (N-methyl/N-ethyl adjacent to an activating group) is 1. The quantitative estimate of drug-likeness (QED) is 0.574. The average Bonchev–Trinajstić information content (AvgIpc) is 2.65. The third-order valence-corrected chi connectivity index (χ3v) is 4.23. The van der Waals surface area contributed by atoms with Gasteiger partial charge in [0.15, 0.2) is 5.54 Å². The van der Waals surface area contributed by atoms with E-state index in [-0.39, 0.29) is 5.97 Å². The molecule has 0 saturated carbocycles. The van der Waals surface area contributed by atoms with E-state index in [1.165, 1.54) is 7.11 Å².